The summed E-state index contributed by atoms with van der Waals surface area (Å²) < 4.78 is 11.0. The van der Waals surface area contributed by atoms with Crippen molar-refractivity contribution >= 4 is 6.16 Å². The van der Waals surface area contributed by atoms with Crippen LogP contribution in [-0.2, 0) is 9.47 Å². The van der Waals surface area contributed by atoms with Gasteiger partial charge in [-0.05, 0) is 75.0 Å². The lowest BCUT2D eigenvalue weighted by Gasteiger charge is -2.35. The molecule has 0 radical (unpaired) electrons. The molecule has 0 aromatic carbocycles. The van der Waals surface area contributed by atoms with Crippen LogP contribution in [0.25, 0.3) is 0 Å². The van der Waals surface area contributed by atoms with Gasteiger partial charge in [0.25, 0.3) is 0 Å². The number of carbonyl (C=O) groups excluding carboxylic acids is 1. The standard InChI is InChI=1S/C33H66O3/c1-7-13-21-32(22-14-8-2,23-15-9-3)27-19-29-35-31(34)36-30-20-28-33(24-16-10-4,25-17-11-5)26-18-12-6/h7-30H2,1-6H3. The van der Waals surface area contributed by atoms with E-state index < -0.39 is 6.16 Å². The van der Waals surface area contributed by atoms with Gasteiger partial charge in [-0.25, -0.2) is 4.79 Å². The third-order valence-electron chi connectivity index (χ3n) is 8.51. The van der Waals surface area contributed by atoms with Crippen LogP contribution in [0.15, 0.2) is 0 Å². The smallest absolute Gasteiger partial charge is 0.434 e. The summed E-state index contributed by atoms with van der Waals surface area (Å²) >= 11 is 0. The summed E-state index contributed by atoms with van der Waals surface area (Å²) in [5.74, 6) is 0. The minimum Gasteiger partial charge on any atom is -0.434 e. The van der Waals surface area contributed by atoms with E-state index in [1.54, 1.807) is 0 Å². The number of hydrogen-bond acceptors (Lipinski definition) is 3. The van der Waals surface area contributed by atoms with Gasteiger partial charge in [0.05, 0.1) is 13.2 Å². The Balaban J connectivity index is 4.58. The summed E-state index contributed by atoms with van der Waals surface area (Å²) in [4.78, 5) is 12.3. The maximum atomic E-state index is 12.3. The molecule has 0 N–H and O–H groups in total. The van der Waals surface area contributed by atoms with E-state index in [-0.39, 0.29) is 0 Å². The molecule has 0 bridgehead atoms. The minimum absolute atomic E-state index is 0.439. The van der Waals surface area contributed by atoms with E-state index in [2.05, 4.69) is 41.5 Å². The molecule has 0 spiro atoms. The maximum absolute atomic E-state index is 12.3. The summed E-state index contributed by atoms with van der Waals surface area (Å²) in [6, 6.07) is 0. The van der Waals surface area contributed by atoms with Gasteiger partial charge in [0.2, 0.25) is 0 Å². The van der Waals surface area contributed by atoms with Crippen LogP contribution in [0.2, 0.25) is 0 Å². The zero-order valence-corrected chi connectivity index (χ0v) is 25.7. The second kappa shape index (κ2) is 23.4. The zero-order valence-electron chi connectivity index (χ0n) is 25.7. The van der Waals surface area contributed by atoms with Crippen LogP contribution < -0.4 is 0 Å². The molecular formula is C33H66O3. The fourth-order valence-corrected chi connectivity index (χ4v) is 6.06. The summed E-state index contributed by atoms with van der Waals surface area (Å²) in [5.41, 5.74) is 0.877. The second-order valence-electron chi connectivity index (χ2n) is 11.8. The van der Waals surface area contributed by atoms with Gasteiger partial charge in [0.15, 0.2) is 0 Å². The van der Waals surface area contributed by atoms with Crippen LogP contribution in [0.4, 0.5) is 4.79 Å². The Hall–Kier alpha value is -0.730. The van der Waals surface area contributed by atoms with Gasteiger partial charge in [-0.1, -0.05) is 119 Å². The highest BCUT2D eigenvalue weighted by Crippen LogP contribution is 2.42. The highest BCUT2D eigenvalue weighted by atomic mass is 16.7. The maximum Gasteiger partial charge on any atom is 0.508 e. The predicted molar refractivity (Wildman–Crippen MR) is 158 cm³/mol. The topological polar surface area (TPSA) is 35.5 Å². The van der Waals surface area contributed by atoms with Gasteiger partial charge in [0.1, 0.15) is 0 Å². The zero-order chi connectivity index (χ0) is 27.0. The molecule has 0 atom stereocenters. The van der Waals surface area contributed by atoms with E-state index in [0.717, 1.165) is 12.8 Å². The summed E-state index contributed by atoms with van der Waals surface area (Å²) in [5, 5.41) is 0. The molecule has 3 heteroatoms. The molecule has 216 valence electrons. The third kappa shape index (κ3) is 16.9. The first kappa shape index (κ1) is 35.3. The van der Waals surface area contributed by atoms with Gasteiger partial charge >= 0.3 is 6.16 Å². The van der Waals surface area contributed by atoms with Crippen molar-refractivity contribution in [2.24, 2.45) is 10.8 Å². The average molecular weight is 511 g/mol. The molecule has 0 aromatic heterocycles. The highest BCUT2D eigenvalue weighted by Gasteiger charge is 2.29. The minimum atomic E-state index is -0.461. The molecular weight excluding hydrogens is 444 g/mol. The van der Waals surface area contributed by atoms with Crippen molar-refractivity contribution in [3.05, 3.63) is 0 Å². The van der Waals surface area contributed by atoms with Crippen molar-refractivity contribution in [1.82, 2.24) is 0 Å². The Morgan fingerprint density at radius 3 is 0.861 bits per heavy atom. The van der Waals surface area contributed by atoms with Gasteiger partial charge in [-0.3, -0.25) is 0 Å². The van der Waals surface area contributed by atoms with Crippen molar-refractivity contribution in [3.8, 4) is 0 Å². The Labute approximate surface area is 227 Å². The van der Waals surface area contributed by atoms with E-state index in [4.69, 9.17) is 9.47 Å². The van der Waals surface area contributed by atoms with E-state index in [0.29, 0.717) is 24.0 Å². The Kier molecular flexibility index (Phi) is 22.9. The number of unbranched alkanes of at least 4 members (excludes halogenated alkanes) is 6. The van der Waals surface area contributed by atoms with Crippen molar-refractivity contribution < 1.29 is 14.3 Å². The van der Waals surface area contributed by atoms with E-state index in [1.807, 2.05) is 0 Å². The molecule has 0 aliphatic heterocycles. The number of ether oxygens (including phenoxy) is 2. The van der Waals surface area contributed by atoms with Gasteiger partial charge in [-0.15, -0.1) is 0 Å². The monoisotopic (exact) mass is 511 g/mol. The molecule has 0 amide bonds. The van der Waals surface area contributed by atoms with E-state index in [1.165, 1.54) is 128 Å². The molecule has 0 fully saturated rings. The first-order valence-electron chi connectivity index (χ1n) is 16.3. The number of hydrogen-bond donors (Lipinski definition) is 0. The Bertz CT molecular complexity index is 402. The fraction of sp³-hybridized carbons (Fsp3) is 0.970. The second-order valence-corrected chi connectivity index (χ2v) is 11.8. The Morgan fingerprint density at radius 1 is 0.417 bits per heavy atom. The lowest BCUT2D eigenvalue weighted by atomic mass is 9.71. The van der Waals surface area contributed by atoms with Gasteiger partial charge in [-0.2, -0.15) is 0 Å². The lowest BCUT2D eigenvalue weighted by molar-refractivity contribution is 0.0447. The lowest BCUT2D eigenvalue weighted by Crippen LogP contribution is -2.23. The van der Waals surface area contributed by atoms with Crippen LogP contribution in [0, 0.1) is 10.8 Å². The van der Waals surface area contributed by atoms with Crippen molar-refractivity contribution in [1.29, 1.82) is 0 Å². The molecule has 0 aliphatic carbocycles. The average Bonchev–Trinajstić information content (AvgIpc) is 2.90. The molecule has 0 aromatic rings. The SMILES string of the molecule is CCCCC(CCCC)(CCCC)CCCOC(=O)OCCCC(CCCC)(CCCC)CCCC. The quantitative estimate of drug-likeness (QED) is 0.0857. The first-order chi connectivity index (χ1) is 17.5. The molecule has 3 nitrogen and oxygen atoms in total. The fourth-order valence-electron chi connectivity index (χ4n) is 6.06. The molecule has 0 unspecified atom stereocenters. The summed E-state index contributed by atoms with van der Waals surface area (Å²) in [6.07, 6.45) is 27.2. The van der Waals surface area contributed by atoms with E-state index in [9.17, 15) is 4.79 Å². The summed E-state index contributed by atoms with van der Waals surface area (Å²) in [6.45, 7) is 14.8. The first-order valence-corrected chi connectivity index (χ1v) is 16.3. The third-order valence-corrected chi connectivity index (χ3v) is 8.51. The normalized spacial score (nSPS) is 12.2. The van der Waals surface area contributed by atoms with Gasteiger partial charge in [0, 0.05) is 0 Å². The van der Waals surface area contributed by atoms with Crippen LogP contribution in [0.5, 0.6) is 0 Å². The van der Waals surface area contributed by atoms with E-state index >= 15 is 0 Å². The predicted octanol–water partition coefficient (Wildman–Crippen LogP) is 11.8. The Morgan fingerprint density at radius 2 is 0.639 bits per heavy atom. The van der Waals surface area contributed by atoms with Crippen LogP contribution in [0.3, 0.4) is 0 Å². The van der Waals surface area contributed by atoms with Crippen LogP contribution >= 0.6 is 0 Å². The number of rotatable bonds is 26. The number of carbonyl (C=O) groups is 1. The van der Waals surface area contributed by atoms with Crippen molar-refractivity contribution in [3.63, 3.8) is 0 Å². The van der Waals surface area contributed by atoms with Crippen molar-refractivity contribution in [2.75, 3.05) is 13.2 Å². The molecule has 0 rings (SSSR count). The highest BCUT2D eigenvalue weighted by molar-refractivity contribution is 5.59. The van der Waals surface area contributed by atoms with Crippen LogP contribution in [-0.4, -0.2) is 19.4 Å². The van der Waals surface area contributed by atoms with Gasteiger partial charge < -0.3 is 9.47 Å². The molecule has 0 saturated heterocycles. The largest absolute Gasteiger partial charge is 0.508 e. The van der Waals surface area contributed by atoms with Crippen molar-refractivity contribution in [2.45, 2.75) is 183 Å². The molecule has 0 heterocycles. The molecule has 0 aliphatic rings. The molecule has 0 saturated carbocycles. The van der Waals surface area contributed by atoms with Crippen LogP contribution in [0.1, 0.15) is 183 Å². The molecule has 36 heavy (non-hydrogen) atoms. The summed E-state index contributed by atoms with van der Waals surface area (Å²) in [7, 11) is 0.